The van der Waals surface area contributed by atoms with Crippen LogP contribution >= 0.6 is 0 Å². The number of hydrogen-bond donors (Lipinski definition) is 2. The van der Waals surface area contributed by atoms with Crippen LogP contribution in [-0.4, -0.2) is 21.4 Å². The second-order valence-electron chi connectivity index (χ2n) is 5.45. The molecule has 2 heteroatoms. The Labute approximate surface area is 100 Å². The van der Waals surface area contributed by atoms with E-state index in [1.165, 1.54) is 0 Å². The van der Waals surface area contributed by atoms with Crippen molar-refractivity contribution in [2.75, 3.05) is 0 Å². The first-order valence-electron chi connectivity index (χ1n) is 6.11. The number of aliphatic hydroxyl groups is 2. The third-order valence-electron chi connectivity index (χ3n) is 3.21. The molecule has 0 bridgehead atoms. The van der Waals surface area contributed by atoms with Crippen LogP contribution in [0.25, 0.3) is 0 Å². The Balaban J connectivity index is 4.76. The lowest BCUT2D eigenvalue weighted by atomic mass is 9.82. The molecule has 0 aromatic rings. The SMILES string of the molecule is CCCC(C)(O)C#CC(C)(O)C(C)C(C)C. The minimum Gasteiger partial charge on any atom is -0.378 e. The van der Waals surface area contributed by atoms with Gasteiger partial charge in [-0.2, -0.15) is 0 Å². The summed E-state index contributed by atoms with van der Waals surface area (Å²) in [7, 11) is 0. The molecule has 0 aliphatic heterocycles. The van der Waals surface area contributed by atoms with Gasteiger partial charge in [-0.25, -0.2) is 0 Å². The molecule has 0 spiro atoms. The average molecular weight is 226 g/mol. The smallest absolute Gasteiger partial charge is 0.125 e. The van der Waals surface area contributed by atoms with Crippen molar-refractivity contribution in [1.29, 1.82) is 0 Å². The molecular weight excluding hydrogens is 200 g/mol. The minimum absolute atomic E-state index is 0.0810. The molecule has 2 nitrogen and oxygen atoms in total. The maximum absolute atomic E-state index is 10.2. The molecule has 2 N–H and O–H groups in total. The summed E-state index contributed by atoms with van der Waals surface area (Å²) in [6.07, 6.45) is 1.51. The number of rotatable bonds is 4. The maximum Gasteiger partial charge on any atom is 0.125 e. The van der Waals surface area contributed by atoms with Gasteiger partial charge < -0.3 is 10.2 Å². The van der Waals surface area contributed by atoms with Crippen molar-refractivity contribution in [2.45, 2.75) is 65.6 Å². The zero-order chi connectivity index (χ0) is 13.0. The van der Waals surface area contributed by atoms with E-state index < -0.39 is 11.2 Å². The van der Waals surface area contributed by atoms with E-state index >= 15 is 0 Å². The predicted molar refractivity (Wildman–Crippen MR) is 67.9 cm³/mol. The second kappa shape index (κ2) is 5.70. The molecule has 0 aliphatic rings. The van der Waals surface area contributed by atoms with Crippen molar-refractivity contribution < 1.29 is 10.2 Å². The van der Waals surface area contributed by atoms with Crippen LogP contribution in [0.5, 0.6) is 0 Å². The highest BCUT2D eigenvalue weighted by atomic mass is 16.3. The van der Waals surface area contributed by atoms with Crippen LogP contribution in [0.2, 0.25) is 0 Å². The van der Waals surface area contributed by atoms with E-state index in [1.54, 1.807) is 13.8 Å². The maximum atomic E-state index is 10.2. The molecule has 0 rings (SSSR count). The van der Waals surface area contributed by atoms with Gasteiger partial charge in [0.1, 0.15) is 11.2 Å². The van der Waals surface area contributed by atoms with E-state index in [0.29, 0.717) is 12.3 Å². The van der Waals surface area contributed by atoms with Crippen LogP contribution in [-0.2, 0) is 0 Å². The quantitative estimate of drug-likeness (QED) is 0.723. The van der Waals surface area contributed by atoms with Gasteiger partial charge in [0.25, 0.3) is 0 Å². The molecule has 94 valence electrons. The summed E-state index contributed by atoms with van der Waals surface area (Å²) in [5, 5.41) is 20.1. The second-order valence-corrected chi connectivity index (χ2v) is 5.45. The highest BCUT2D eigenvalue weighted by Gasteiger charge is 2.29. The molecule has 0 aromatic heterocycles. The van der Waals surface area contributed by atoms with Gasteiger partial charge in [-0.1, -0.05) is 46.0 Å². The molecule has 0 aliphatic carbocycles. The number of hydrogen-bond acceptors (Lipinski definition) is 2. The van der Waals surface area contributed by atoms with Crippen molar-refractivity contribution in [1.82, 2.24) is 0 Å². The Morgan fingerprint density at radius 2 is 1.56 bits per heavy atom. The predicted octanol–water partition coefficient (Wildman–Crippen LogP) is 2.58. The third-order valence-corrected chi connectivity index (χ3v) is 3.21. The fourth-order valence-electron chi connectivity index (χ4n) is 1.57. The van der Waals surface area contributed by atoms with Crippen LogP contribution in [0.4, 0.5) is 0 Å². The summed E-state index contributed by atoms with van der Waals surface area (Å²) in [5.41, 5.74) is -2.03. The highest BCUT2D eigenvalue weighted by molar-refractivity contribution is 5.20. The van der Waals surface area contributed by atoms with Gasteiger partial charge in [-0.15, -0.1) is 0 Å². The normalized spacial score (nSPS) is 20.6. The first kappa shape index (κ1) is 15.5. The highest BCUT2D eigenvalue weighted by Crippen LogP contribution is 2.24. The summed E-state index contributed by atoms with van der Waals surface area (Å²) in [4.78, 5) is 0. The lowest BCUT2D eigenvalue weighted by molar-refractivity contribution is 0.0407. The van der Waals surface area contributed by atoms with E-state index in [1.807, 2.05) is 13.8 Å². The van der Waals surface area contributed by atoms with Crippen molar-refractivity contribution >= 4 is 0 Å². The zero-order valence-corrected chi connectivity index (χ0v) is 11.5. The fraction of sp³-hybridized carbons (Fsp3) is 0.857. The van der Waals surface area contributed by atoms with E-state index in [4.69, 9.17) is 0 Å². The summed E-state index contributed by atoms with van der Waals surface area (Å²) in [6, 6.07) is 0. The Morgan fingerprint density at radius 3 is 1.94 bits per heavy atom. The fourth-order valence-corrected chi connectivity index (χ4v) is 1.57. The van der Waals surface area contributed by atoms with Gasteiger partial charge in [0.15, 0.2) is 0 Å². The summed E-state index contributed by atoms with van der Waals surface area (Å²) in [5.74, 6) is 6.05. The Bertz CT molecular complexity index is 266. The molecule has 0 saturated carbocycles. The first-order chi connectivity index (χ1) is 7.12. The van der Waals surface area contributed by atoms with Crippen LogP contribution < -0.4 is 0 Å². The van der Waals surface area contributed by atoms with Crippen LogP contribution in [0.3, 0.4) is 0 Å². The molecule has 0 fully saturated rings. The molecule has 0 saturated heterocycles. The van der Waals surface area contributed by atoms with Gasteiger partial charge in [0.05, 0.1) is 0 Å². The van der Waals surface area contributed by atoms with Gasteiger partial charge in [0.2, 0.25) is 0 Å². The zero-order valence-electron chi connectivity index (χ0n) is 11.5. The third kappa shape index (κ3) is 5.01. The summed E-state index contributed by atoms with van der Waals surface area (Å²) >= 11 is 0. The van der Waals surface area contributed by atoms with Gasteiger partial charge in [-0.05, 0) is 32.1 Å². The van der Waals surface area contributed by atoms with Gasteiger partial charge >= 0.3 is 0 Å². The largest absolute Gasteiger partial charge is 0.378 e. The topological polar surface area (TPSA) is 40.5 Å². The van der Waals surface area contributed by atoms with Crippen LogP contribution in [0, 0.1) is 23.7 Å². The first-order valence-corrected chi connectivity index (χ1v) is 6.11. The molecule has 0 heterocycles. The molecule has 3 unspecified atom stereocenters. The monoisotopic (exact) mass is 226 g/mol. The van der Waals surface area contributed by atoms with Crippen LogP contribution in [0.15, 0.2) is 0 Å². The van der Waals surface area contributed by atoms with Crippen molar-refractivity contribution in [3.8, 4) is 11.8 Å². The van der Waals surface area contributed by atoms with E-state index in [-0.39, 0.29) is 5.92 Å². The standard InChI is InChI=1S/C14H26O2/c1-7-8-13(5,15)9-10-14(6,16)12(4)11(2)3/h11-12,15-16H,7-8H2,1-6H3. The Hall–Kier alpha value is -0.520. The lowest BCUT2D eigenvalue weighted by Gasteiger charge is -2.28. The molecule has 0 aromatic carbocycles. The minimum atomic E-state index is -1.04. The van der Waals surface area contributed by atoms with Crippen molar-refractivity contribution in [3.05, 3.63) is 0 Å². The lowest BCUT2D eigenvalue weighted by Crippen LogP contribution is -2.35. The molecule has 3 atom stereocenters. The van der Waals surface area contributed by atoms with Crippen molar-refractivity contribution in [3.63, 3.8) is 0 Å². The molecule has 0 radical (unpaired) electrons. The van der Waals surface area contributed by atoms with Gasteiger partial charge in [0, 0.05) is 0 Å². The molecular formula is C14H26O2. The summed E-state index contributed by atoms with van der Waals surface area (Å²) in [6.45, 7) is 11.5. The van der Waals surface area contributed by atoms with Crippen LogP contribution in [0.1, 0.15) is 54.4 Å². The van der Waals surface area contributed by atoms with Crippen molar-refractivity contribution in [2.24, 2.45) is 11.8 Å². The Morgan fingerprint density at radius 1 is 1.06 bits per heavy atom. The van der Waals surface area contributed by atoms with Gasteiger partial charge in [-0.3, -0.25) is 0 Å². The van der Waals surface area contributed by atoms with E-state index in [2.05, 4.69) is 25.7 Å². The van der Waals surface area contributed by atoms with E-state index in [0.717, 1.165) is 6.42 Å². The Kier molecular flexibility index (Phi) is 5.52. The average Bonchev–Trinajstić information content (AvgIpc) is 2.14. The molecule has 16 heavy (non-hydrogen) atoms. The summed E-state index contributed by atoms with van der Waals surface area (Å²) < 4.78 is 0. The molecule has 0 amide bonds. The van der Waals surface area contributed by atoms with E-state index in [9.17, 15) is 10.2 Å².